The van der Waals surface area contributed by atoms with Crippen molar-refractivity contribution in [3.8, 4) is 6.07 Å². The fraction of sp³-hybridized carbons (Fsp3) is 0.625. The molecule has 1 aliphatic heterocycles. The second-order valence-electron chi connectivity index (χ2n) is 3.06. The minimum atomic E-state index is -0.921. The fourth-order valence-corrected chi connectivity index (χ4v) is 1.37. The van der Waals surface area contributed by atoms with Gasteiger partial charge in [-0.2, -0.15) is 5.26 Å². The topological polar surface area (TPSA) is 87.2 Å². The lowest BCUT2D eigenvalue weighted by molar-refractivity contribution is -0.144. The van der Waals surface area contributed by atoms with Crippen LogP contribution in [0.1, 0.15) is 12.8 Å². The molecule has 1 fully saturated rings. The summed E-state index contributed by atoms with van der Waals surface area (Å²) in [4.78, 5) is 23.0. The van der Waals surface area contributed by atoms with Crippen LogP contribution >= 0.6 is 0 Å². The van der Waals surface area contributed by atoms with Gasteiger partial charge < -0.3 is 10.6 Å². The van der Waals surface area contributed by atoms with Crippen LogP contribution in [0.4, 0.5) is 0 Å². The Bertz CT molecular complexity index is 261. The lowest BCUT2D eigenvalue weighted by atomic mass is 9.98. The predicted molar refractivity (Wildman–Crippen MR) is 44.1 cm³/mol. The molecule has 0 radical (unpaired) electrons. The summed E-state index contributed by atoms with van der Waals surface area (Å²) in [6.45, 7) is 0.917. The van der Waals surface area contributed by atoms with Crippen molar-refractivity contribution in [2.45, 2.75) is 12.8 Å². The molecule has 0 atom stereocenters. The summed E-state index contributed by atoms with van der Waals surface area (Å²) in [7, 11) is 0. The van der Waals surface area contributed by atoms with E-state index in [2.05, 4.69) is 6.07 Å². The van der Waals surface area contributed by atoms with Gasteiger partial charge in [0.05, 0.1) is 6.07 Å². The zero-order chi connectivity index (χ0) is 9.84. The number of carbonyl (C=O) groups excluding carboxylic acids is 2. The molecule has 0 bridgehead atoms. The first-order chi connectivity index (χ1) is 6.15. The van der Waals surface area contributed by atoms with Gasteiger partial charge in [-0.15, -0.1) is 0 Å². The van der Waals surface area contributed by atoms with Crippen molar-refractivity contribution in [1.82, 2.24) is 4.90 Å². The van der Waals surface area contributed by atoms with E-state index in [0.29, 0.717) is 25.9 Å². The molecule has 0 spiro atoms. The van der Waals surface area contributed by atoms with Crippen LogP contribution in [0, 0.1) is 17.2 Å². The van der Waals surface area contributed by atoms with Crippen molar-refractivity contribution < 1.29 is 9.59 Å². The first kappa shape index (κ1) is 9.52. The van der Waals surface area contributed by atoms with E-state index in [-0.39, 0.29) is 5.92 Å². The molecule has 2 N–H and O–H groups in total. The van der Waals surface area contributed by atoms with Crippen LogP contribution in [0.25, 0.3) is 0 Å². The maximum absolute atomic E-state index is 11.1. The largest absolute Gasteiger partial charge is 0.361 e. The van der Waals surface area contributed by atoms with Crippen LogP contribution in [0.15, 0.2) is 0 Å². The molecule has 0 aliphatic carbocycles. The van der Waals surface area contributed by atoms with Crippen molar-refractivity contribution in [1.29, 1.82) is 5.26 Å². The molecule has 1 heterocycles. The first-order valence-corrected chi connectivity index (χ1v) is 4.13. The van der Waals surface area contributed by atoms with Crippen molar-refractivity contribution in [3.05, 3.63) is 0 Å². The highest BCUT2D eigenvalue weighted by Gasteiger charge is 2.24. The van der Waals surface area contributed by atoms with E-state index in [9.17, 15) is 9.59 Å². The Morgan fingerprint density at radius 1 is 1.38 bits per heavy atom. The number of rotatable bonds is 0. The number of likely N-dealkylation sites (tertiary alicyclic amines) is 1. The SMILES string of the molecule is N#CC1CCN(C(=O)C(N)=O)CC1. The van der Waals surface area contributed by atoms with Gasteiger partial charge in [-0.3, -0.25) is 9.59 Å². The van der Waals surface area contributed by atoms with E-state index < -0.39 is 11.8 Å². The Balaban J connectivity index is 2.46. The molecule has 0 aromatic heterocycles. The minimum Gasteiger partial charge on any atom is -0.361 e. The van der Waals surface area contributed by atoms with Gasteiger partial charge in [0.25, 0.3) is 0 Å². The van der Waals surface area contributed by atoms with Gasteiger partial charge in [-0.05, 0) is 12.8 Å². The highest BCUT2D eigenvalue weighted by atomic mass is 16.2. The number of nitrogens with zero attached hydrogens (tertiary/aromatic N) is 2. The van der Waals surface area contributed by atoms with E-state index in [4.69, 9.17) is 11.0 Å². The normalized spacial score (nSPS) is 17.9. The molecule has 1 aliphatic rings. The first-order valence-electron chi connectivity index (χ1n) is 4.13. The van der Waals surface area contributed by atoms with Crippen LogP contribution in [-0.4, -0.2) is 29.8 Å². The molecule has 1 saturated heterocycles. The highest BCUT2D eigenvalue weighted by Crippen LogP contribution is 2.15. The second kappa shape index (κ2) is 3.90. The molecule has 1 rings (SSSR count). The highest BCUT2D eigenvalue weighted by molar-refractivity contribution is 6.34. The lowest BCUT2D eigenvalue weighted by Gasteiger charge is -2.27. The molecule has 13 heavy (non-hydrogen) atoms. The van der Waals surface area contributed by atoms with Crippen LogP contribution in [0.2, 0.25) is 0 Å². The third kappa shape index (κ3) is 2.18. The van der Waals surface area contributed by atoms with Crippen LogP contribution in [0.5, 0.6) is 0 Å². The maximum Gasteiger partial charge on any atom is 0.311 e. The fourth-order valence-electron chi connectivity index (χ4n) is 1.37. The molecule has 5 heteroatoms. The number of hydrogen-bond donors (Lipinski definition) is 1. The van der Waals surface area contributed by atoms with Crippen molar-refractivity contribution in [2.24, 2.45) is 11.7 Å². The van der Waals surface area contributed by atoms with Gasteiger partial charge in [0.15, 0.2) is 0 Å². The van der Waals surface area contributed by atoms with Gasteiger partial charge in [0.2, 0.25) is 0 Å². The lowest BCUT2D eigenvalue weighted by Crippen LogP contribution is -2.44. The predicted octanol–water partition coefficient (Wildman–Crippen LogP) is -0.766. The summed E-state index contributed by atoms with van der Waals surface area (Å²) in [6, 6.07) is 2.14. The van der Waals surface area contributed by atoms with Crippen molar-refractivity contribution in [3.63, 3.8) is 0 Å². The zero-order valence-electron chi connectivity index (χ0n) is 7.19. The molecule has 0 aromatic rings. The van der Waals surface area contributed by atoms with E-state index >= 15 is 0 Å². The van der Waals surface area contributed by atoms with Gasteiger partial charge >= 0.3 is 11.8 Å². The summed E-state index contributed by atoms with van der Waals surface area (Å²) in [5, 5.41) is 8.58. The van der Waals surface area contributed by atoms with E-state index in [1.54, 1.807) is 0 Å². The molecular weight excluding hydrogens is 170 g/mol. The van der Waals surface area contributed by atoms with Gasteiger partial charge in [0, 0.05) is 19.0 Å². The minimum absolute atomic E-state index is 0.0110. The molecule has 0 aromatic carbocycles. The molecule has 0 unspecified atom stereocenters. The van der Waals surface area contributed by atoms with E-state index in [1.165, 1.54) is 4.90 Å². The Hall–Kier alpha value is -1.57. The van der Waals surface area contributed by atoms with E-state index in [0.717, 1.165) is 0 Å². The monoisotopic (exact) mass is 181 g/mol. The van der Waals surface area contributed by atoms with Gasteiger partial charge in [-0.1, -0.05) is 0 Å². The van der Waals surface area contributed by atoms with Crippen LogP contribution < -0.4 is 5.73 Å². The zero-order valence-corrected chi connectivity index (χ0v) is 7.19. The van der Waals surface area contributed by atoms with Crippen molar-refractivity contribution in [2.75, 3.05) is 13.1 Å². The molecule has 5 nitrogen and oxygen atoms in total. The summed E-state index contributed by atoms with van der Waals surface area (Å²) in [6.07, 6.45) is 1.27. The van der Waals surface area contributed by atoms with Crippen LogP contribution in [0.3, 0.4) is 0 Å². The molecule has 0 saturated carbocycles. The molecular formula is C8H11N3O2. The Labute approximate surface area is 76.1 Å². The maximum atomic E-state index is 11.1. The average molecular weight is 181 g/mol. The van der Waals surface area contributed by atoms with Crippen LogP contribution in [-0.2, 0) is 9.59 Å². The number of nitriles is 1. The summed E-state index contributed by atoms with van der Waals surface area (Å²) in [5.74, 6) is -1.55. The Morgan fingerprint density at radius 3 is 2.31 bits per heavy atom. The average Bonchev–Trinajstić information content (AvgIpc) is 2.17. The summed E-state index contributed by atoms with van der Waals surface area (Å²) >= 11 is 0. The third-order valence-electron chi connectivity index (χ3n) is 2.18. The number of primary amides is 1. The third-order valence-corrected chi connectivity index (χ3v) is 2.18. The standard InChI is InChI=1S/C8H11N3O2/c9-5-6-1-3-11(4-2-6)8(13)7(10)12/h6H,1-4H2,(H2,10,12). The quantitative estimate of drug-likeness (QED) is 0.498. The summed E-state index contributed by atoms with van der Waals surface area (Å²) < 4.78 is 0. The Morgan fingerprint density at radius 2 is 1.92 bits per heavy atom. The van der Waals surface area contributed by atoms with Crippen molar-refractivity contribution >= 4 is 11.8 Å². The summed E-state index contributed by atoms with van der Waals surface area (Å²) in [5.41, 5.74) is 4.84. The second-order valence-corrected chi connectivity index (χ2v) is 3.06. The Kier molecular flexibility index (Phi) is 2.85. The number of piperidine rings is 1. The smallest absolute Gasteiger partial charge is 0.311 e. The van der Waals surface area contributed by atoms with Gasteiger partial charge in [-0.25, -0.2) is 0 Å². The number of nitrogens with two attached hydrogens (primary N) is 1. The van der Waals surface area contributed by atoms with E-state index in [1.807, 2.05) is 0 Å². The molecule has 70 valence electrons. The number of carbonyl (C=O) groups is 2. The van der Waals surface area contributed by atoms with Gasteiger partial charge in [0.1, 0.15) is 0 Å². The number of amides is 2. The number of hydrogen-bond acceptors (Lipinski definition) is 3. The molecule has 2 amide bonds.